The molecule has 2 unspecified atom stereocenters. The number of hydrogen-bond acceptors (Lipinski definition) is 7. The van der Waals surface area contributed by atoms with Gasteiger partial charge < -0.3 is 19.3 Å². The predicted octanol–water partition coefficient (Wildman–Crippen LogP) is 8.29. The Morgan fingerprint density at radius 3 is 2.35 bits per heavy atom. The lowest BCUT2D eigenvalue weighted by molar-refractivity contribution is 0.0595. The third-order valence-electron chi connectivity index (χ3n) is 8.77. The molecule has 8 nitrogen and oxygen atoms in total. The van der Waals surface area contributed by atoms with Crippen molar-refractivity contribution < 1.29 is 19.2 Å². The Kier molecular flexibility index (Phi) is 9.40. The summed E-state index contributed by atoms with van der Waals surface area (Å²) in [7, 11) is 1.40. The Hall–Kier alpha value is -3.07. The molecule has 7 rings (SSSR count). The maximum Gasteiger partial charge on any atom is 0.359 e. The maximum absolute atomic E-state index is 12.0. The molecule has 1 N–H and O–H groups in total. The number of aliphatic hydroxyl groups excluding tert-OH is 1. The molecule has 2 saturated carbocycles. The Balaban J connectivity index is 0.000000174. The number of anilines is 1. The van der Waals surface area contributed by atoms with E-state index in [4.69, 9.17) is 32.5 Å². The van der Waals surface area contributed by atoms with Gasteiger partial charge in [-0.15, -0.1) is 0 Å². The minimum absolute atomic E-state index is 0. The normalized spacial score (nSPS) is 19.3. The van der Waals surface area contributed by atoms with Gasteiger partial charge in [-0.25, -0.2) is 4.79 Å². The largest absolute Gasteiger partial charge is 0.464 e. The maximum atomic E-state index is 12.0. The molecule has 3 heterocycles. The van der Waals surface area contributed by atoms with Crippen molar-refractivity contribution >= 4 is 45.8 Å². The number of aromatic nitrogens is 3. The Morgan fingerprint density at radius 1 is 1.09 bits per heavy atom. The molecule has 4 aromatic rings. The predicted molar refractivity (Wildman–Crippen MR) is 171 cm³/mol. The van der Waals surface area contributed by atoms with E-state index in [1.165, 1.54) is 32.1 Å². The average molecular weight is 628 g/mol. The van der Waals surface area contributed by atoms with Crippen molar-refractivity contribution in [2.45, 2.75) is 71.9 Å². The van der Waals surface area contributed by atoms with E-state index in [-0.39, 0.29) is 26.0 Å². The van der Waals surface area contributed by atoms with Gasteiger partial charge in [-0.3, -0.25) is 4.68 Å². The van der Waals surface area contributed by atoms with Crippen LogP contribution in [-0.2, 0) is 11.3 Å². The van der Waals surface area contributed by atoms with Crippen LogP contribution in [0.15, 0.2) is 40.9 Å². The summed E-state index contributed by atoms with van der Waals surface area (Å²) in [5.74, 6) is 2.50. The molecule has 0 bridgehead atoms. The standard InChI is InChI=1S/C19H25N3O2.C13H11Cl2NO2.CH4/c1-12(2)22-17-9-15(21-10-13-5-4-6-14(13)11-21)7-8-16(17)18(20-22)19(23)24-3;14-9-2-1-3-10(15)11(9)12-8(6-17)13(18-16-12)7-4-5-7;/h7-9,12-14H,4-6,10-11H2,1-3H3;1-3,7,17H,4-6H2;1H4. The van der Waals surface area contributed by atoms with E-state index in [0.717, 1.165) is 54.4 Å². The van der Waals surface area contributed by atoms with Crippen LogP contribution in [-0.4, -0.2) is 46.2 Å². The van der Waals surface area contributed by atoms with Crippen LogP contribution in [0.5, 0.6) is 0 Å². The summed E-state index contributed by atoms with van der Waals surface area (Å²) in [5.41, 5.74) is 4.55. The highest BCUT2D eigenvalue weighted by molar-refractivity contribution is 6.39. The van der Waals surface area contributed by atoms with Crippen LogP contribution in [0.3, 0.4) is 0 Å². The monoisotopic (exact) mass is 626 g/mol. The number of ether oxygens (including phenoxy) is 1. The van der Waals surface area contributed by atoms with Crippen molar-refractivity contribution in [1.29, 1.82) is 0 Å². The van der Waals surface area contributed by atoms with Gasteiger partial charge in [-0.2, -0.15) is 5.10 Å². The van der Waals surface area contributed by atoms with E-state index >= 15 is 0 Å². The summed E-state index contributed by atoms with van der Waals surface area (Å²) < 4.78 is 12.2. The highest BCUT2D eigenvalue weighted by Crippen LogP contribution is 2.46. The molecule has 3 fully saturated rings. The van der Waals surface area contributed by atoms with E-state index < -0.39 is 0 Å². The molecule has 0 radical (unpaired) electrons. The average Bonchev–Trinajstić information content (AvgIpc) is 3.29. The topological polar surface area (TPSA) is 93.6 Å². The van der Waals surface area contributed by atoms with Gasteiger partial charge in [0.2, 0.25) is 0 Å². The van der Waals surface area contributed by atoms with Crippen molar-refractivity contribution in [3.8, 4) is 11.3 Å². The van der Waals surface area contributed by atoms with Crippen LogP contribution >= 0.6 is 23.2 Å². The summed E-state index contributed by atoms with van der Waals surface area (Å²) in [4.78, 5) is 14.5. The first-order chi connectivity index (χ1) is 20.3. The molecule has 43 heavy (non-hydrogen) atoms. The first kappa shape index (κ1) is 31.4. The molecular weight excluding hydrogens is 587 g/mol. The van der Waals surface area contributed by atoms with Gasteiger partial charge in [0.05, 0.1) is 29.3 Å². The molecule has 2 aromatic carbocycles. The number of fused-ring (bicyclic) bond motifs is 2. The molecule has 2 aromatic heterocycles. The fraction of sp³-hybridized carbons (Fsp3) is 0.485. The van der Waals surface area contributed by atoms with Crippen LogP contribution in [0, 0.1) is 11.8 Å². The zero-order valence-electron chi connectivity index (χ0n) is 24.1. The lowest BCUT2D eigenvalue weighted by Gasteiger charge is -2.20. The van der Waals surface area contributed by atoms with Gasteiger partial charge in [0, 0.05) is 47.2 Å². The highest BCUT2D eigenvalue weighted by Gasteiger charge is 2.36. The zero-order valence-corrected chi connectivity index (χ0v) is 25.7. The number of rotatable bonds is 6. The Bertz CT molecular complexity index is 1580. The number of benzene rings is 2. The van der Waals surface area contributed by atoms with Gasteiger partial charge in [-0.1, -0.05) is 48.3 Å². The van der Waals surface area contributed by atoms with E-state index in [1.807, 2.05) is 10.7 Å². The smallest absolute Gasteiger partial charge is 0.359 e. The number of carbonyl (C=O) groups is 1. The van der Waals surface area contributed by atoms with Crippen LogP contribution in [0.25, 0.3) is 22.2 Å². The van der Waals surface area contributed by atoms with Gasteiger partial charge in [0.25, 0.3) is 0 Å². The fourth-order valence-electron chi connectivity index (χ4n) is 6.47. The minimum Gasteiger partial charge on any atom is -0.464 e. The van der Waals surface area contributed by atoms with E-state index in [9.17, 15) is 9.90 Å². The molecule has 10 heteroatoms. The molecule has 1 aliphatic heterocycles. The van der Waals surface area contributed by atoms with E-state index in [2.05, 4.69) is 41.1 Å². The third-order valence-corrected chi connectivity index (χ3v) is 9.40. The fourth-order valence-corrected chi connectivity index (χ4v) is 7.05. The van der Waals surface area contributed by atoms with E-state index in [1.54, 1.807) is 18.2 Å². The van der Waals surface area contributed by atoms with Gasteiger partial charge >= 0.3 is 5.97 Å². The second-order valence-corrected chi connectivity index (χ2v) is 12.7. The van der Waals surface area contributed by atoms with Crippen molar-refractivity contribution in [3.63, 3.8) is 0 Å². The summed E-state index contributed by atoms with van der Waals surface area (Å²) in [6.45, 7) is 6.37. The van der Waals surface area contributed by atoms with Crippen LogP contribution < -0.4 is 4.90 Å². The van der Waals surface area contributed by atoms with Gasteiger partial charge in [-0.05, 0) is 81.7 Å². The molecule has 3 aliphatic rings. The molecule has 0 spiro atoms. The number of halogens is 2. The number of methoxy groups -OCH3 is 1. The number of aliphatic hydroxyl groups is 1. The summed E-state index contributed by atoms with van der Waals surface area (Å²) in [6, 6.07) is 11.8. The number of esters is 1. The van der Waals surface area contributed by atoms with Crippen molar-refractivity contribution in [3.05, 3.63) is 63.5 Å². The van der Waals surface area contributed by atoms with E-state index in [0.29, 0.717) is 38.5 Å². The SMILES string of the molecule is C.COC(=O)c1nn(C(C)C)c2cc(N3CC4CCCC4C3)ccc12.OCc1c(-c2c(Cl)cccc2Cl)noc1C1CC1. The summed E-state index contributed by atoms with van der Waals surface area (Å²) in [6.07, 6.45) is 6.31. The second-order valence-electron chi connectivity index (χ2n) is 11.8. The van der Waals surface area contributed by atoms with Gasteiger partial charge in [0.1, 0.15) is 11.5 Å². The summed E-state index contributed by atoms with van der Waals surface area (Å²) >= 11 is 12.3. The lowest BCUT2D eigenvalue weighted by Crippen LogP contribution is -2.20. The molecule has 0 amide bonds. The quantitative estimate of drug-likeness (QED) is 0.215. The molecule has 1 saturated heterocycles. The molecule has 2 aliphatic carbocycles. The van der Waals surface area contributed by atoms with Crippen LogP contribution in [0.2, 0.25) is 10.0 Å². The molecule has 2 atom stereocenters. The van der Waals surface area contributed by atoms with Crippen LogP contribution in [0.4, 0.5) is 5.69 Å². The lowest BCUT2D eigenvalue weighted by atomic mass is 10.0. The number of nitrogens with zero attached hydrogens (tertiary/aromatic N) is 4. The molecular formula is C33H40Cl2N4O4. The zero-order chi connectivity index (χ0) is 29.5. The van der Waals surface area contributed by atoms with Crippen molar-refractivity contribution in [2.75, 3.05) is 25.1 Å². The van der Waals surface area contributed by atoms with Crippen molar-refractivity contribution in [2.24, 2.45) is 11.8 Å². The Labute approximate surface area is 262 Å². The first-order valence-corrected chi connectivity index (χ1v) is 15.5. The first-order valence-electron chi connectivity index (χ1n) is 14.7. The number of hydrogen-bond donors (Lipinski definition) is 1. The Morgan fingerprint density at radius 2 is 1.77 bits per heavy atom. The highest BCUT2D eigenvalue weighted by atomic mass is 35.5. The van der Waals surface area contributed by atoms with Crippen molar-refractivity contribution in [1.82, 2.24) is 14.9 Å². The summed E-state index contributed by atoms with van der Waals surface area (Å²) in [5, 5.41) is 20.0. The molecule has 230 valence electrons. The second kappa shape index (κ2) is 12.9. The van der Waals surface area contributed by atoms with Gasteiger partial charge in [0.15, 0.2) is 5.69 Å². The number of carbonyl (C=O) groups excluding carboxylic acids is 1. The van der Waals surface area contributed by atoms with Crippen LogP contribution in [0.1, 0.15) is 87.2 Å². The third kappa shape index (κ3) is 6.02. The minimum atomic E-state index is -0.372.